The molecule has 1 aromatic carbocycles. The molecule has 3 rings (SSSR count). The molecular formula is C21H23FN4O5S. The van der Waals surface area contributed by atoms with Crippen LogP contribution < -0.4 is 9.92 Å². The molecule has 1 amide bonds. The molecule has 0 unspecified atom stereocenters. The van der Waals surface area contributed by atoms with Gasteiger partial charge in [0.25, 0.3) is 0 Å². The van der Waals surface area contributed by atoms with Crippen LogP contribution in [0.3, 0.4) is 0 Å². The third-order valence-electron chi connectivity index (χ3n) is 4.43. The summed E-state index contributed by atoms with van der Waals surface area (Å²) in [7, 11) is -4.40. The van der Waals surface area contributed by atoms with Crippen molar-refractivity contribution in [3.05, 3.63) is 71.7 Å². The van der Waals surface area contributed by atoms with Crippen molar-refractivity contribution in [2.45, 2.75) is 37.8 Å². The summed E-state index contributed by atoms with van der Waals surface area (Å²) < 4.78 is 51.7. The molecular weight excluding hydrogens is 439 g/mol. The highest BCUT2D eigenvalue weighted by Crippen LogP contribution is 2.29. The maximum atomic E-state index is 13.6. The molecule has 0 fully saturated rings. The number of ether oxygens (including phenoxy) is 1. The molecule has 0 aliphatic rings. The molecule has 0 spiro atoms. The van der Waals surface area contributed by atoms with E-state index in [1.54, 1.807) is 38.2 Å². The van der Waals surface area contributed by atoms with E-state index in [-0.39, 0.29) is 42.0 Å². The molecule has 0 aliphatic heterocycles. The number of primary amides is 1. The van der Waals surface area contributed by atoms with Crippen molar-refractivity contribution in [3.63, 3.8) is 0 Å². The molecule has 0 radical (unpaired) electrons. The molecule has 2 N–H and O–H groups in total. The first-order valence-corrected chi connectivity index (χ1v) is 11.2. The Morgan fingerprint density at radius 3 is 2.62 bits per heavy atom. The number of hydrogen-bond acceptors (Lipinski definition) is 7. The summed E-state index contributed by atoms with van der Waals surface area (Å²) in [6.45, 7) is 3.57. The Kier molecular flexibility index (Phi) is 7.08. The summed E-state index contributed by atoms with van der Waals surface area (Å²) in [5.41, 5.74) is 5.88. The number of imidazole rings is 1. The Labute approximate surface area is 185 Å². The summed E-state index contributed by atoms with van der Waals surface area (Å²) in [5, 5.41) is -0.170. The second-order valence-corrected chi connectivity index (χ2v) is 8.65. The van der Waals surface area contributed by atoms with Crippen LogP contribution in [0.4, 0.5) is 9.18 Å². The van der Waals surface area contributed by atoms with E-state index < -0.39 is 22.0 Å². The van der Waals surface area contributed by atoms with Crippen LogP contribution in [0.15, 0.2) is 53.7 Å². The average Bonchev–Trinajstić information content (AvgIpc) is 3.07. The Bertz CT molecular complexity index is 1200. The number of amides is 1. The molecule has 0 aliphatic carbocycles. The van der Waals surface area contributed by atoms with Gasteiger partial charge in [0, 0.05) is 18.7 Å². The van der Waals surface area contributed by atoms with E-state index in [9.17, 15) is 17.6 Å². The second-order valence-electron chi connectivity index (χ2n) is 7.19. The maximum absolute atomic E-state index is 13.6. The van der Waals surface area contributed by atoms with E-state index in [0.717, 1.165) is 6.07 Å². The Hall–Kier alpha value is -3.47. The number of carbonyl (C=O) groups excluding carboxylic acids is 1. The zero-order valence-corrected chi connectivity index (χ0v) is 18.4. The number of aromatic nitrogens is 3. The highest BCUT2D eigenvalue weighted by Gasteiger charge is 2.31. The summed E-state index contributed by atoms with van der Waals surface area (Å²) in [6, 6.07) is 10.1. The number of hydrogen-bond donors (Lipinski definition) is 1. The first-order valence-electron chi connectivity index (χ1n) is 9.79. The second kappa shape index (κ2) is 9.77. The normalized spacial score (nSPS) is 11.5. The van der Waals surface area contributed by atoms with Gasteiger partial charge < -0.3 is 19.2 Å². The van der Waals surface area contributed by atoms with E-state index in [1.807, 2.05) is 0 Å². The third kappa shape index (κ3) is 5.61. The van der Waals surface area contributed by atoms with Crippen LogP contribution in [0.2, 0.25) is 0 Å². The van der Waals surface area contributed by atoms with Crippen LogP contribution in [0.25, 0.3) is 0 Å². The van der Waals surface area contributed by atoms with Gasteiger partial charge in [0.05, 0.1) is 17.9 Å². The molecule has 2 aromatic heterocycles. The molecule has 32 heavy (non-hydrogen) atoms. The van der Waals surface area contributed by atoms with Crippen molar-refractivity contribution in [2.24, 2.45) is 5.73 Å². The third-order valence-corrected chi connectivity index (χ3v) is 5.74. The average molecular weight is 463 g/mol. The number of benzene rings is 1. The van der Waals surface area contributed by atoms with Gasteiger partial charge in [-0.15, -0.1) is 0 Å². The summed E-state index contributed by atoms with van der Waals surface area (Å²) in [6.07, 6.45) is 0.757. The highest BCUT2D eigenvalue weighted by molar-refractivity contribution is 7.87. The van der Waals surface area contributed by atoms with E-state index in [1.165, 1.54) is 22.8 Å². The Balaban J connectivity index is 2.10. The molecule has 170 valence electrons. The smallest absolute Gasteiger partial charge is 0.404 e. The van der Waals surface area contributed by atoms with E-state index in [2.05, 4.69) is 9.97 Å². The lowest BCUT2D eigenvalue weighted by molar-refractivity contribution is 0.157. The van der Waals surface area contributed by atoms with Gasteiger partial charge in [0.2, 0.25) is 0 Å². The lowest BCUT2D eigenvalue weighted by Gasteiger charge is -2.14. The highest BCUT2D eigenvalue weighted by atomic mass is 32.2. The minimum Gasteiger partial charge on any atom is -0.449 e. The van der Waals surface area contributed by atoms with Crippen molar-refractivity contribution in [1.29, 1.82) is 0 Å². The number of halogens is 1. The van der Waals surface area contributed by atoms with Crippen molar-refractivity contribution in [3.8, 4) is 5.75 Å². The molecule has 0 saturated heterocycles. The standard InChI is InChI=1S/C21H23FN4O5S/c1-14(2)19-20(32(28,29)31-17-8-5-6-15(22)12-17)26(13-16-7-3-4-10-24-16)18(25-19)9-11-30-21(23)27/h3-8,10,12,14H,9,11,13H2,1-2H3,(H2,23,27). The van der Waals surface area contributed by atoms with Crippen LogP contribution >= 0.6 is 0 Å². The van der Waals surface area contributed by atoms with Gasteiger partial charge in [0.15, 0.2) is 5.03 Å². The minimum absolute atomic E-state index is 0.0769. The van der Waals surface area contributed by atoms with Crippen molar-refractivity contribution in [1.82, 2.24) is 14.5 Å². The van der Waals surface area contributed by atoms with Gasteiger partial charge in [-0.3, -0.25) is 4.98 Å². The Morgan fingerprint density at radius 2 is 2.00 bits per heavy atom. The SMILES string of the molecule is CC(C)c1nc(CCOC(N)=O)n(Cc2ccccn2)c1S(=O)(=O)Oc1cccc(F)c1. The van der Waals surface area contributed by atoms with Gasteiger partial charge in [-0.05, 0) is 30.2 Å². The van der Waals surface area contributed by atoms with Gasteiger partial charge in [-0.25, -0.2) is 14.2 Å². The van der Waals surface area contributed by atoms with E-state index in [4.69, 9.17) is 14.7 Å². The Morgan fingerprint density at radius 1 is 1.22 bits per heavy atom. The topological polar surface area (TPSA) is 126 Å². The fourth-order valence-electron chi connectivity index (χ4n) is 3.08. The lowest BCUT2D eigenvalue weighted by atomic mass is 10.1. The molecule has 0 saturated carbocycles. The lowest BCUT2D eigenvalue weighted by Crippen LogP contribution is -2.20. The minimum atomic E-state index is -4.40. The van der Waals surface area contributed by atoms with Crippen molar-refractivity contribution >= 4 is 16.2 Å². The van der Waals surface area contributed by atoms with Gasteiger partial charge in [0.1, 0.15) is 24.0 Å². The van der Waals surface area contributed by atoms with E-state index >= 15 is 0 Å². The summed E-state index contributed by atoms with van der Waals surface area (Å²) in [5.74, 6) is -0.726. The summed E-state index contributed by atoms with van der Waals surface area (Å²) >= 11 is 0. The largest absolute Gasteiger partial charge is 0.449 e. The van der Waals surface area contributed by atoms with Crippen molar-refractivity contribution < 1.29 is 26.5 Å². The van der Waals surface area contributed by atoms with E-state index in [0.29, 0.717) is 11.5 Å². The molecule has 0 atom stereocenters. The zero-order chi connectivity index (χ0) is 23.3. The van der Waals surface area contributed by atoms with Gasteiger partial charge in [-0.2, -0.15) is 8.42 Å². The van der Waals surface area contributed by atoms with Crippen molar-refractivity contribution in [2.75, 3.05) is 6.61 Å². The number of nitrogens with two attached hydrogens (primary N) is 1. The van der Waals surface area contributed by atoms with Crippen LogP contribution in [-0.4, -0.2) is 35.7 Å². The quantitative estimate of drug-likeness (QED) is 0.484. The first-order chi connectivity index (χ1) is 15.2. The number of carbonyl (C=O) groups is 1. The number of nitrogens with zero attached hydrogens (tertiary/aromatic N) is 3. The maximum Gasteiger partial charge on any atom is 0.404 e. The van der Waals surface area contributed by atoms with Crippen LogP contribution in [0.5, 0.6) is 5.75 Å². The van der Waals surface area contributed by atoms with Crippen LogP contribution in [-0.2, 0) is 27.8 Å². The van der Waals surface area contributed by atoms with Crippen LogP contribution in [0.1, 0.15) is 37.0 Å². The molecule has 11 heteroatoms. The van der Waals surface area contributed by atoms with Crippen LogP contribution in [0, 0.1) is 5.82 Å². The number of rotatable bonds is 9. The zero-order valence-electron chi connectivity index (χ0n) is 17.6. The predicted octanol–water partition coefficient (Wildman–Crippen LogP) is 2.99. The van der Waals surface area contributed by atoms with Gasteiger partial charge >= 0.3 is 16.2 Å². The molecule has 0 bridgehead atoms. The monoisotopic (exact) mass is 462 g/mol. The molecule has 9 nitrogen and oxygen atoms in total. The summed E-state index contributed by atoms with van der Waals surface area (Å²) in [4.78, 5) is 19.7. The number of pyridine rings is 1. The first kappa shape index (κ1) is 23.2. The fraction of sp³-hybridized carbons (Fsp3) is 0.286. The molecule has 3 aromatic rings. The fourth-order valence-corrected chi connectivity index (χ4v) is 4.49. The predicted molar refractivity (Wildman–Crippen MR) is 113 cm³/mol. The van der Waals surface area contributed by atoms with Gasteiger partial charge in [-0.1, -0.05) is 26.0 Å². The molecule has 2 heterocycles.